The van der Waals surface area contributed by atoms with Gasteiger partial charge in [0.1, 0.15) is 5.75 Å². The monoisotopic (exact) mass is 410 g/mol. The van der Waals surface area contributed by atoms with Crippen LogP contribution in [0.5, 0.6) is 5.75 Å². The van der Waals surface area contributed by atoms with Gasteiger partial charge in [-0.05, 0) is 68.3 Å². The Hall–Kier alpha value is -3.35. The molecule has 2 aromatic carbocycles. The van der Waals surface area contributed by atoms with E-state index in [1.165, 1.54) is 0 Å². The van der Waals surface area contributed by atoms with Crippen LogP contribution in [0.4, 0.5) is 11.4 Å². The summed E-state index contributed by atoms with van der Waals surface area (Å²) in [7, 11) is 0. The maximum absolute atomic E-state index is 12.4. The fourth-order valence-corrected chi connectivity index (χ4v) is 3.26. The maximum atomic E-state index is 12.4. The number of nitrogens with one attached hydrogen (secondary N) is 1. The molecule has 0 radical (unpaired) electrons. The zero-order valence-corrected chi connectivity index (χ0v) is 17.4. The summed E-state index contributed by atoms with van der Waals surface area (Å²) in [6.07, 6.45) is 0.0757. The van der Waals surface area contributed by atoms with E-state index < -0.39 is 24.4 Å². The second kappa shape index (κ2) is 9.43. The van der Waals surface area contributed by atoms with E-state index in [2.05, 4.69) is 5.32 Å². The molecule has 1 aliphatic rings. The first-order chi connectivity index (χ1) is 14.4. The van der Waals surface area contributed by atoms with Crippen LogP contribution in [0.25, 0.3) is 0 Å². The zero-order chi connectivity index (χ0) is 21.7. The Kier molecular flexibility index (Phi) is 6.72. The number of carbonyl (C=O) groups is 3. The number of carbonyl (C=O) groups excluding carboxylic acids is 3. The molecule has 2 amide bonds. The van der Waals surface area contributed by atoms with Crippen LogP contribution in [0.15, 0.2) is 42.5 Å². The molecule has 1 aliphatic heterocycles. The first-order valence-corrected chi connectivity index (χ1v) is 9.94. The third-order valence-electron chi connectivity index (χ3n) is 5.06. The number of anilines is 2. The van der Waals surface area contributed by atoms with Gasteiger partial charge in [-0.15, -0.1) is 0 Å². The van der Waals surface area contributed by atoms with Crippen molar-refractivity contribution in [2.75, 3.05) is 30.0 Å². The van der Waals surface area contributed by atoms with Crippen LogP contribution in [0, 0.1) is 19.8 Å². The molecule has 0 spiro atoms. The molecule has 0 aliphatic carbocycles. The first kappa shape index (κ1) is 21.4. The summed E-state index contributed by atoms with van der Waals surface area (Å²) in [5, 5.41) is 2.66. The molecule has 7 heteroatoms. The normalized spacial score (nSPS) is 15.8. The molecule has 1 N–H and O–H groups in total. The molecule has 0 unspecified atom stereocenters. The summed E-state index contributed by atoms with van der Waals surface area (Å²) in [5.74, 6) is -0.989. The van der Waals surface area contributed by atoms with Gasteiger partial charge in [0, 0.05) is 24.3 Å². The Morgan fingerprint density at radius 3 is 2.50 bits per heavy atom. The van der Waals surface area contributed by atoms with Gasteiger partial charge >= 0.3 is 5.97 Å². The van der Waals surface area contributed by atoms with Crippen LogP contribution < -0.4 is 15.0 Å². The van der Waals surface area contributed by atoms with Gasteiger partial charge in [0.25, 0.3) is 5.91 Å². The standard InChI is InChI=1S/C23H26N2O5/c1-4-29-20-9-6-18(7-10-20)24-21(26)14-30-23(28)17-12-22(27)25(13-17)19-8-5-15(2)16(3)11-19/h5-11,17H,4,12-14H2,1-3H3,(H,24,26)/t17-/m1/s1. The molecule has 0 bridgehead atoms. The third-order valence-corrected chi connectivity index (χ3v) is 5.06. The average molecular weight is 410 g/mol. The number of benzene rings is 2. The molecular weight excluding hydrogens is 384 g/mol. The van der Waals surface area contributed by atoms with E-state index in [4.69, 9.17) is 9.47 Å². The number of nitrogens with zero attached hydrogens (tertiary/aromatic N) is 1. The van der Waals surface area contributed by atoms with Crippen molar-refractivity contribution in [2.45, 2.75) is 27.2 Å². The van der Waals surface area contributed by atoms with E-state index in [-0.39, 0.29) is 18.9 Å². The average Bonchev–Trinajstić information content (AvgIpc) is 3.12. The lowest BCUT2D eigenvalue weighted by atomic mass is 10.1. The fourth-order valence-electron chi connectivity index (χ4n) is 3.26. The molecule has 1 atom stereocenters. The Labute approximate surface area is 176 Å². The van der Waals surface area contributed by atoms with Crippen molar-refractivity contribution in [1.82, 2.24) is 0 Å². The molecule has 3 rings (SSSR count). The highest BCUT2D eigenvalue weighted by Crippen LogP contribution is 2.27. The maximum Gasteiger partial charge on any atom is 0.311 e. The lowest BCUT2D eigenvalue weighted by Gasteiger charge is -2.17. The predicted molar refractivity (Wildman–Crippen MR) is 114 cm³/mol. The van der Waals surface area contributed by atoms with Crippen molar-refractivity contribution < 1.29 is 23.9 Å². The summed E-state index contributed by atoms with van der Waals surface area (Å²) in [4.78, 5) is 38.4. The number of ether oxygens (including phenoxy) is 2. The summed E-state index contributed by atoms with van der Waals surface area (Å²) < 4.78 is 10.5. The van der Waals surface area contributed by atoms with Gasteiger partial charge in [-0.3, -0.25) is 14.4 Å². The SMILES string of the molecule is CCOc1ccc(NC(=O)COC(=O)[C@@H]2CC(=O)N(c3ccc(C)c(C)c3)C2)cc1. The number of hydrogen-bond acceptors (Lipinski definition) is 5. The molecule has 1 heterocycles. The van der Waals surface area contributed by atoms with Gasteiger partial charge < -0.3 is 19.7 Å². The number of rotatable bonds is 7. The second-order valence-corrected chi connectivity index (χ2v) is 7.29. The minimum absolute atomic E-state index is 0.0757. The zero-order valence-electron chi connectivity index (χ0n) is 17.4. The van der Waals surface area contributed by atoms with Crippen molar-refractivity contribution in [3.8, 4) is 5.75 Å². The Morgan fingerprint density at radius 1 is 1.10 bits per heavy atom. The fraction of sp³-hybridized carbons (Fsp3) is 0.348. The molecule has 0 saturated carbocycles. The molecule has 158 valence electrons. The number of aryl methyl sites for hydroxylation is 2. The van der Waals surface area contributed by atoms with Crippen molar-refractivity contribution in [1.29, 1.82) is 0 Å². The third kappa shape index (κ3) is 5.17. The van der Waals surface area contributed by atoms with Crippen LogP contribution in [-0.4, -0.2) is 37.5 Å². The molecule has 2 aromatic rings. The van der Waals surface area contributed by atoms with Gasteiger partial charge in [0.15, 0.2) is 6.61 Å². The van der Waals surface area contributed by atoms with E-state index in [9.17, 15) is 14.4 Å². The highest BCUT2D eigenvalue weighted by molar-refractivity contribution is 6.00. The lowest BCUT2D eigenvalue weighted by Crippen LogP contribution is -2.28. The number of hydrogen-bond donors (Lipinski definition) is 1. The summed E-state index contributed by atoms with van der Waals surface area (Å²) in [6, 6.07) is 12.7. The first-order valence-electron chi connectivity index (χ1n) is 9.94. The van der Waals surface area contributed by atoms with Gasteiger partial charge in [-0.2, -0.15) is 0 Å². The van der Waals surface area contributed by atoms with Crippen LogP contribution in [0.2, 0.25) is 0 Å². The van der Waals surface area contributed by atoms with Crippen LogP contribution >= 0.6 is 0 Å². The van der Waals surface area contributed by atoms with Gasteiger partial charge in [0.05, 0.1) is 12.5 Å². The van der Waals surface area contributed by atoms with Crippen molar-refractivity contribution in [3.63, 3.8) is 0 Å². The Balaban J connectivity index is 1.50. The van der Waals surface area contributed by atoms with Crippen LogP contribution in [-0.2, 0) is 19.1 Å². The van der Waals surface area contributed by atoms with E-state index in [0.29, 0.717) is 18.0 Å². The molecular formula is C23H26N2O5. The Morgan fingerprint density at radius 2 is 1.83 bits per heavy atom. The molecule has 0 aromatic heterocycles. The largest absolute Gasteiger partial charge is 0.494 e. The van der Waals surface area contributed by atoms with Crippen molar-refractivity contribution in [3.05, 3.63) is 53.6 Å². The quantitative estimate of drug-likeness (QED) is 0.709. The van der Waals surface area contributed by atoms with Crippen LogP contribution in [0.1, 0.15) is 24.5 Å². The van der Waals surface area contributed by atoms with E-state index in [1.807, 2.05) is 39.0 Å². The van der Waals surface area contributed by atoms with Gasteiger partial charge in [0.2, 0.25) is 5.91 Å². The van der Waals surface area contributed by atoms with E-state index in [0.717, 1.165) is 16.8 Å². The summed E-state index contributed by atoms with van der Waals surface area (Å²) in [6.45, 7) is 6.29. The highest BCUT2D eigenvalue weighted by atomic mass is 16.5. The Bertz CT molecular complexity index is 939. The lowest BCUT2D eigenvalue weighted by molar-refractivity contribution is -0.151. The number of esters is 1. The molecule has 1 saturated heterocycles. The predicted octanol–water partition coefficient (Wildman–Crippen LogP) is 3.24. The highest BCUT2D eigenvalue weighted by Gasteiger charge is 2.36. The summed E-state index contributed by atoms with van der Waals surface area (Å²) >= 11 is 0. The van der Waals surface area contributed by atoms with Gasteiger partial charge in [-0.25, -0.2) is 0 Å². The topological polar surface area (TPSA) is 84.9 Å². The summed E-state index contributed by atoms with van der Waals surface area (Å²) in [5.41, 5.74) is 3.57. The van der Waals surface area contributed by atoms with Crippen molar-refractivity contribution >= 4 is 29.2 Å². The molecule has 1 fully saturated rings. The van der Waals surface area contributed by atoms with Crippen molar-refractivity contribution in [2.24, 2.45) is 5.92 Å². The second-order valence-electron chi connectivity index (χ2n) is 7.29. The molecule has 30 heavy (non-hydrogen) atoms. The smallest absolute Gasteiger partial charge is 0.311 e. The van der Waals surface area contributed by atoms with E-state index in [1.54, 1.807) is 29.2 Å². The number of amides is 2. The minimum Gasteiger partial charge on any atom is -0.494 e. The molecule has 7 nitrogen and oxygen atoms in total. The van der Waals surface area contributed by atoms with Gasteiger partial charge in [-0.1, -0.05) is 6.07 Å². The van der Waals surface area contributed by atoms with E-state index >= 15 is 0 Å². The van der Waals surface area contributed by atoms with Crippen LogP contribution in [0.3, 0.4) is 0 Å². The minimum atomic E-state index is -0.586.